The summed E-state index contributed by atoms with van der Waals surface area (Å²) in [6.45, 7) is 6.48. The van der Waals surface area contributed by atoms with E-state index in [2.05, 4.69) is 42.5 Å². The molecule has 3 heterocycles. The molecule has 0 aromatic rings. The molecular formula is C16H22N2O. The van der Waals surface area contributed by atoms with Crippen LogP contribution in [0.15, 0.2) is 35.4 Å². The summed E-state index contributed by atoms with van der Waals surface area (Å²) in [6, 6.07) is 1.29. The van der Waals surface area contributed by atoms with Crippen molar-refractivity contribution in [1.29, 1.82) is 0 Å². The largest absolute Gasteiger partial charge is 0.487 e. The number of ether oxygens (including phenoxy) is 1. The van der Waals surface area contributed by atoms with Crippen molar-refractivity contribution in [2.45, 2.75) is 38.8 Å². The zero-order chi connectivity index (χ0) is 13.0. The van der Waals surface area contributed by atoms with Gasteiger partial charge in [-0.1, -0.05) is 13.8 Å². The lowest BCUT2D eigenvalue weighted by Crippen LogP contribution is -2.44. The Hall–Kier alpha value is -1.22. The highest BCUT2D eigenvalue weighted by atomic mass is 16.5. The van der Waals surface area contributed by atoms with Gasteiger partial charge in [0.15, 0.2) is 0 Å². The van der Waals surface area contributed by atoms with Crippen molar-refractivity contribution < 1.29 is 4.74 Å². The summed E-state index contributed by atoms with van der Waals surface area (Å²) < 4.78 is 5.87. The van der Waals surface area contributed by atoms with E-state index >= 15 is 0 Å². The Labute approximate surface area is 115 Å². The van der Waals surface area contributed by atoms with Crippen molar-refractivity contribution in [3.05, 3.63) is 35.4 Å². The van der Waals surface area contributed by atoms with Gasteiger partial charge < -0.3 is 15.0 Å². The fraction of sp³-hybridized carbons (Fsp3) is 0.625. The first-order valence-corrected chi connectivity index (χ1v) is 7.49. The van der Waals surface area contributed by atoms with Crippen LogP contribution >= 0.6 is 0 Å². The zero-order valence-corrected chi connectivity index (χ0v) is 11.7. The molecule has 1 N–H and O–H groups in total. The second kappa shape index (κ2) is 4.14. The lowest BCUT2D eigenvalue weighted by Gasteiger charge is -2.33. The Bertz CT molecular complexity index is 489. The molecule has 3 unspecified atom stereocenters. The van der Waals surface area contributed by atoms with Crippen molar-refractivity contribution in [2.24, 2.45) is 11.8 Å². The molecule has 0 aromatic carbocycles. The minimum atomic E-state index is 0.571. The third-order valence-corrected chi connectivity index (χ3v) is 5.05. The molecular weight excluding hydrogens is 236 g/mol. The number of piperidine rings is 1. The molecule has 3 heteroatoms. The van der Waals surface area contributed by atoms with E-state index in [9.17, 15) is 0 Å². The average Bonchev–Trinajstić information content (AvgIpc) is 3.12. The van der Waals surface area contributed by atoms with E-state index in [0.29, 0.717) is 18.0 Å². The fourth-order valence-electron chi connectivity index (χ4n) is 3.94. The van der Waals surface area contributed by atoms with E-state index < -0.39 is 0 Å². The van der Waals surface area contributed by atoms with Crippen molar-refractivity contribution in [3.63, 3.8) is 0 Å². The van der Waals surface area contributed by atoms with Crippen LogP contribution in [0.1, 0.15) is 26.7 Å². The molecule has 102 valence electrons. The molecule has 2 bridgehead atoms. The van der Waals surface area contributed by atoms with E-state index in [1.54, 1.807) is 0 Å². The van der Waals surface area contributed by atoms with Crippen molar-refractivity contribution in [2.75, 3.05) is 13.2 Å². The quantitative estimate of drug-likeness (QED) is 0.823. The van der Waals surface area contributed by atoms with Crippen LogP contribution in [-0.2, 0) is 4.74 Å². The summed E-state index contributed by atoms with van der Waals surface area (Å²) in [5.41, 5.74) is 2.76. The Morgan fingerprint density at radius 3 is 2.95 bits per heavy atom. The number of nitrogens with one attached hydrogen (secondary N) is 1. The second-order valence-corrected chi connectivity index (χ2v) is 6.56. The summed E-state index contributed by atoms with van der Waals surface area (Å²) in [5.74, 6) is 2.53. The Balaban J connectivity index is 1.58. The molecule has 19 heavy (non-hydrogen) atoms. The summed E-state index contributed by atoms with van der Waals surface area (Å²) in [5, 5.41) is 3.63. The first-order valence-electron chi connectivity index (χ1n) is 7.49. The summed E-state index contributed by atoms with van der Waals surface area (Å²) in [7, 11) is 0. The number of rotatable bonds is 2. The molecule has 2 fully saturated rings. The Kier molecular flexibility index (Phi) is 2.52. The molecule has 0 amide bonds. The van der Waals surface area contributed by atoms with Crippen LogP contribution in [0.25, 0.3) is 0 Å². The molecule has 3 aliphatic heterocycles. The molecule has 1 saturated heterocycles. The molecule has 1 saturated carbocycles. The standard InChI is InChI=1S/C16H22N2O/c1-10(2)13-9-19-16-8-18(4-3-12(13)16)15-6-11-5-14(15)17-7-11/h3-4,8,10-11,14-15,17H,5-7,9H2,1-2H3. The maximum absolute atomic E-state index is 5.87. The summed E-state index contributed by atoms with van der Waals surface area (Å²) in [4.78, 5) is 2.37. The predicted octanol–water partition coefficient (Wildman–Crippen LogP) is 2.39. The van der Waals surface area contributed by atoms with Gasteiger partial charge in [-0.05, 0) is 42.9 Å². The molecule has 0 aromatic heterocycles. The highest BCUT2D eigenvalue weighted by Gasteiger charge is 2.42. The normalized spacial score (nSPS) is 36.1. The van der Waals surface area contributed by atoms with Crippen molar-refractivity contribution in [1.82, 2.24) is 10.2 Å². The highest BCUT2D eigenvalue weighted by molar-refractivity contribution is 5.47. The minimum Gasteiger partial charge on any atom is -0.487 e. The zero-order valence-electron chi connectivity index (χ0n) is 11.7. The van der Waals surface area contributed by atoms with Crippen molar-refractivity contribution in [3.8, 4) is 0 Å². The maximum Gasteiger partial charge on any atom is 0.143 e. The first kappa shape index (κ1) is 11.6. The van der Waals surface area contributed by atoms with Gasteiger partial charge in [0.05, 0.1) is 0 Å². The third kappa shape index (κ3) is 1.75. The maximum atomic E-state index is 5.87. The highest BCUT2D eigenvalue weighted by Crippen LogP contribution is 2.38. The van der Waals surface area contributed by atoms with E-state index in [1.807, 2.05) is 0 Å². The van der Waals surface area contributed by atoms with E-state index in [1.165, 1.54) is 30.5 Å². The lowest BCUT2D eigenvalue weighted by atomic mass is 9.97. The SMILES string of the molecule is CC(C)C1=C2C=CN(C3CC4CNC3C4)C=C2OC1. The molecule has 1 aliphatic carbocycles. The summed E-state index contributed by atoms with van der Waals surface area (Å²) >= 11 is 0. The van der Waals surface area contributed by atoms with Crippen LogP contribution in [-0.4, -0.2) is 30.1 Å². The van der Waals surface area contributed by atoms with Crippen LogP contribution in [0.4, 0.5) is 0 Å². The fourth-order valence-corrected chi connectivity index (χ4v) is 3.94. The lowest BCUT2D eigenvalue weighted by molar-refractivity contribution is 0.235. The number of nitrogens with zero attached hydrogens (tertiary/aromatic N) is 1. The third-order valence-electron chi connectivity index (χ3n) is 5.05. The van der Waals surface area contributed by atoms with Gasteiger partial charge in [0.2, 0.25) is 0 Å². The average molecular weight is 258 g/mol. The smallest absolute Gasteiger partial charge is 0.143 e. The van der Waals surface area contributed by atoms with E-state index in [4.69, 9.17) is 4.74 Å². The van der Waals surface area contributed by atoms with E-state index in [0.717, 1.165) is 18.3 Å². The molecule has 3 nitrogen and oxygen atoms in total. The van der Waals surface area contributed by atoms with Gasteiger partial charge in [0.1, 0.15) is 12.4 Å². The molecule has 3 atom stereocenters. The van der Waals surface area contributed by atoms with Crippen molar-refractivity contribution >= 4 is 0 Å². The number of allylic oxidation sites excluding steroid dienone is 1. The van der Waals surface area contributed by atoms with Crippen LogP contribution < -0.4 is 5.32 Å². The molecule has 0 spiro atoms. The van der Waals surface area contributed by atoms with Gasteiger partial charge in [0, 0.05) is 30.1 Å². The number of hydrogen-bond donors (Lipinski definition) is 1. The van der Waals surface area contributed by atoms with Crippen LogP contribution in [0, 0.1) is 11.8 Å². The first-order chi connectivity index (χ1) is 9.22. The van der Waals surface area contributed by atoms with Crippen LogP contribution in [0.2, 0.25) is 0 Å². The topological polar surface area (TPSA) is 24.5 Å². The van der Waals surface area contributed by atoms with E-state index in [-0.39, 0.29) is 0 Å². The van der Waals surface area contributed by atoms with Gasteiger partial charge in [-0.15, -0.1) is 0 Å². The second-order valence-electron chi connectivity index (χ2n) is 6.56. The van der Waals surface area contributed by atoms with Gasteiger partial charge in [0.25, 0.3) is 0 Å². The minimum absolute atomic E-state index is 0.571. The number of hydrogen-bond acceptors (Lipinski definition) is 3. The Morgan fingerprint density at radius 2 is 2.26 bits per heavy atom. The van der Waals surface area contributed by atoms with Gasteiger partial charge in [-0.25, -0.2) is 0 Å². The van der Waals surface area contributed by atoms with Gasteiger partial charge >= 0.3 is 0 Å². The molecule has 4 aliphatic rings. The van der Waals surface area contributed by atoms with Gasteiger partial charge in [-0.3, -0.25) is 0 Å². The van der Waals surface area contributed by atoms with Crippen LogP contribution in [0.3, 0.4) is 0 Å². The molecule has 4 rings (SSSR count). The molecule has 0 radical (unpaired) electrons. The van der Waals surface area contributed by atoms with Crippen LogP contribution in [0.5, 0.6) is 0 Å². The Morgan fingerprint density at radius 1 is 1.37 bits per heavy atom. The predicted molar refractivity (Wildman–Crippen MR) is 75.2 cm³/mol. The monoisotopic (exact) mass is 258 g/mol. The summed E-state index contributed by atoms with van der Waals surface area (Å²) in [6.07, 6.45) is 9.39. The number of fused-ring (bicyclic) bond motifs is 3. The van der Waals surface area contributed by atoms with Gasteiger partial charge in [-0.2, -0.15) is 0 Å².